The van der Waals surface area contributed by atoms with Crippen molar-refractivity contribution in [1.82, 2.24) is 0 Å². The van der Waals surface area contributed by atoms with Crippen molar-refractivity contribution in [2.24, 2.45) is 0 Å². The number of rotatable bonds is 7. The first kappa shape index (κ1) is 12.6. The third-order valence-corrected chi connectivity index (χ3v) is 0.998. The molecule has 7 heteroatoms. The average molecular weight is 208 g/mol. The van der Waals surface area contributed by atoms with Crippen molar-refractivity contribution in [2.45, 2.75) is 12.5 Å². The summed E-state index contributed by atoms with van der Waals surface area (Å²) >= 11 is 0. The van der Waals surface area contributed by atoms with Gasteiger partial charge in [-0.15, -0.1) is 0 Å². The van der Waals surface area contributed by atoms with Crippen molar-refractivity contribution in [3.05, 3.63) is 0 Å². The zero-order chi connectivity index (χ0) is 10.3. The van der Waals surface area contributed by atoms with E-state index in [0.29, 0.717) is 0 Å². The summed E-state index contributed by atoms with van der Waals surface area (Å²) in [5.74, 6) is 0. The van der Waals surface area contributed by atoms with Crippen LogP contribution in [0.2, 0.25) is 0 Å². The first-order valence-corrected chi connectivity index (χ1v) is 3.44. The molecule has 0 fully saturated rings. The fraction of sp³-hybridized carbons (Fsp3) is 1.00. The predicted octanol–water partition coefficient (Wildman–Crippen LogP) is 1.85. The minimum Gasteiger partial charge on any atom is -0.376 e. The van der Waals surface area contributed by atoms with Crippen LogP contribution >= 0.6 is 0 Å². The monoisotopic (exact) mass is 208 g/mol. The van der Waals surface area contributed by atoms with Crippen LogP contribution in [0, 0.1) is 0 Å². The first-order chi connectivity index (χ1) is 6.00. The largest absolute Gasteiger partial charge is 0.416 e. The maximum absolute atomic E-state index is 12.0. The Kier molecular flexibility index (Phi) is 5.89. The first-order valence-electron chi connectivity index (χ1n) is 3.44. The highest BCUT2D eigenvalue weighted by Gasteiger charge is 2.41. The highest BCUT2D eigenvalue weighted by Crippen LogP contribution is 2.23. The van der Waals surface area contributed by atoms with Gasteiger partial charge in [0.05, 0.1) is 19.8 Å². The van der Waals surface area contributed by atoms with Crippen LogP contribution in [0.15, 0.2) is 0 Å². The molecule has 0 atom stereocenters. The maximum Gasteiger partial charge on any atom is 0.416 e. The molecule has 0 aliphatic rings. The molecule has 0 rings (SSSR count). The Morgan fingerprint density at radius 1 is 1.08 bits per heavy atom. The van der Waals surface area contributed by atoms with E-state index in [1.54, 1.807) is 0 Å². The van der Waals surface area contributed by atoms with Gasteiger partial charge < -0.3 is 9.47 Å². The molecule has 0 radical (unpaired) electrons. The van der Waals surface area contributed by atoms with Crippen molar-refractivity contribution >= 4 is 0 Å². The van der Waals surface area contributed by atoms with Gasteiger partial charge >= 0.3 is 12.5 Å². The second kappa shape index (κ2) is 6.09. The smallest absolute Gasteiger partial charge is 0.376 e. The van der Waals surface area contributed by atoms with Gasteiger partial charge in [-0.25, -0.2) is 13.2 Å². The summed E-state index contributed by atoms with van der Waals surface area (Å²) in [7, 11) is 0. The van der Waals surface area contributed by atoms with E-state index in [1.165, 1.54) is 0 Å². The zero-order valence-corrected chi connectivity index (χ0v) is 6.61. The van der Waals surface area contributed by atoms with Crippen LogP contribution in [0.5, 0.6) is 0 Å². The van der Waals surface area contributed by atoms with Gasteiger partial charge in [-0.1, -0.05) is 0 Å². The van der Waals surface area contributed by atoms with Gasteiger partial charge in [0.25, 0.3) is 0 Å². The number of hydrogen-bond acceptors (Lipinski definition) is 2. The third-order valence-electron chi connectivity index (χ3n) is 0.998. The molecule has 0 saturated carbocycles. The van der Waals surface area contributed by atoms with Crippen LogP contribution in [-0.4, -0.2) is 39.0 Å². The number of ether oxygens (including phenoxy) is 2. The SMILES string of the molecule is FCCOCCOC(F)(F)C(F)F. The van der Waals surface area contributed by atoms with E-state index in [1.807, 2.05) is 0 Å². The molecular formula is C6H9F5O2. The molecule has 2 nitrogen and oxygen atoms in total. The lowest BCUT2D eigenvalue weighted by molar-refractivity contribution is -0.303. The molecule has 80 valence electrons. The van der Waals surface area contributed by atoms with Gasteiger partial charge in [-0.2, -0.15) is 8.78 Å². The molecule has 0 spiro atoms. The summed E-state index contributed by atoms with van der Waals surface area (Å²) < 4.78 is 66.0. The topological polar surface area (TPSA) is 18.5 Å². The van der Waals surface area contributed by atoms with Crippen LogP contribution < -0.4 is 0 Å². The summed E-state index contributed by atoms with van der Waals surface area (Å²) in [6.07, 6.45) is -8.33. The van der Waals surface area contributed by atoms with Crippen LogP contribution in [0.1, 0.15) is 0 Å². The molecule has 0 bridgehead atoms. The summed E-state index contributed by atoms with van der Waals surface area (Å²) in [6, 6.07) is 0. The highest BCUT2D eigenvalue weighted by molar-refractivity contribution is 4.54. The van der Waals surface area contributed by atoms with Crippen LogP contribution in [0.3, 0.4) is 0 Å². The van der Waals surface area contributed by atoms with Gasteiger partial charge in [0, 0.05) is 0 Å². The molecule has 0 aromatic carbocycles. The zero-order valence-electron chi connectivity index (χ0n) is 6.61. The minimum absolute atomic E-state index is 0.260. The van der Waals surface area contributed by atoms with E-state index in [9.17, 15) is 22.0 Å². The lowest BCUT2D eigenvalue weighted by Crippen LogP contribution is -2.31. The third kappa shape index (κ3) is 5.75. The fourth-order valence-electron chi connectivity index (χ4n) is 0.456. The minimum atomic E-state index is -4.46. The lowest BCUT2D eigenvalue weighted by Gasteiger charge is -2.15. The van der Waals surface area contributed by atoms with Crippen molar-refractivity contribution in [3.8, 4) is 0 Å². The Balaban J connectivity index is 3.41. The van der Waals surface area contributed by atoms with Crippen LogP contribution in [-0.2, 0) is 9.47 Å². The molecule has 0 amide bonds. The summed E-state index contributed by atoms with van der Waals surface area (Å²) in [5.41, 5.74) is 0. The molecule has 13 heavy (non-hydrogen) atoms. The lowest BCUT2D eigenvalue weighted by atomic mass is 10.6. The summed E-state index contributed by atoms with van der Waals surface area (Å²) in [6.45, 7) is -2.06. The fourth-order valence-corrected chi connectivity index (χ4v) is 0.456. The summed E-state index contributed by atoms with van der Waals surface area (Å²) in [5, 5.41) is 0. The van der Waals surface area contributed by atoms with Crippen LogP contribution in [0.25, 0.3) is 0 Å². The molecule has 0 N–H and O–H groups in total. The Morgan fingerprint density at radius 3 is 2.15 bits per heavy atom. The quantitative estimate of drug-likeness (QED) is 0.469. The van der Waals surface area contributed by atoms with E-state index in [2.05, 4.69) is 9.47 Å². The van der Waals surface area contributed by atoms with Crippen LogP contribution in [0.4, 0.5) is 22.0 Å². The van der Waals surface area contributed by atoms with Crippen molar-refractivity contribution in [3.63, 3.8) is 0 Å². The molecule has 0 aromatic rings. The Bertz CT molecular complexity index is 130. The van der Waals surface area contributed by atoms with E-state index in [-0.39, 0.29) is 13.2 Å². The number of halogens is 5. The van der Waals surface area contributed by atoms with Gasteiger partial charge in [-0.05, 0) is 0 Å². The maximum atomic E-state index is 12.0. The standard InChI is InChI=1S/C6H9F5O2/c7-1-2-12-3-4-13-6(10,11)5(8)9/h5H,1-4H2. The molecule has 0 aromatic heterocycles. The highest BCUT2D eigenvalue weighted by atomic mass is 19.3. The van der Waals surface area contributed by atoms with E-state index >= 15 is 0 Å². The normalized spacial score (nSPS) is 12.5. The molecule has 0 unspecified atom stereocenters. The summed E-state index contributed by atoms with van der Waals surface area (Å²) in [4.78, 5) is 0. The second-order valence-electron chi connectivity index (χ2n) is 2.01. The van der Waals surface area contributed by atoms with Gasteiger partial charge in [0.15, 0.2) is 0 Å². The molecule has 0 aliphatic carbocycles. The average Bonchev–Trinajstić information content (AvgIpc) is 2.03. The molecular weight excluding hydrogens is 199 g/mol. The van der Waals surface area contributed by atoms with Crippen molar-refractivity contribution in [2.75, 3.05) is 26.5 Å². The van der Waals surface area contributed by atoms with Gasteiger partial charge in [0.1, 0.15) is 6.67 Å². The van der Waals surface area contributed by atoms with Crippen molar-refractivity contribution in [1.29, 1.82) is 0 Å². The Morgan fingerprint density at radius 2 is 1.69 bits per heavy atom. The van der Waals surface area contributed by atoms with Gasteiger partial charge in [0.2, 0.25) is 0 Å². The number of alkyl halides is 5. The molecule has 0 aliphatic heterocycles. The predicted molar refractivity (Wildman–Crippen MR) is 33.7 cm³/mol. The molecule has 0 heterocycles. The van der Waals surface area contributed by atoms with E-state index < -0.39 is 25.8 Å². The number of hydrogen-bond donors (Lipinski definition) is 0. The Hall–Kier alpha value is -0.430. The van der Waals surface area contributed by atoms with Gasteiger partial charge in [-0.3, -0.25) is 0 Å². The van der Waals surface area contributed by atoms with Crippen molar-refractivity contribution < 1.29 is 31.4 Å². The second-order valence-corrected chi connectivity index (χ2v) is 2.01. The van der Waals surface area contributed by atoms with E-state index in [4.69, 9.17) is 0 Å². The molecule has 0 saturated heterocycles. The van der Waals surface area contributed by atoms with E-state index in [0.717, 1.165) is 0 Å². The Labute approximate surface area is 71.6 Å².